The maximum atomic E-state index is 6.69. The van der Waals surface area contributed by atoms with Gasteiger partial charge in [0.2, 0.25) is 5.95 Å². The van der Waals surface area contributed by atoms with Gasteiger partial charge in [-0.05, 0) is 38.8 Å². The Morgan fingerprint density at radius 1 is 1.15 bits per heavy atom. The van der Waals surface area contributed by atoms with Gasteiger partial charge < -0.3 is 15.0 Å². The number of anilines is 3. The first-order valence-electron chi connectivity index (χ1n) is 11.5. The number of nitrogens with one attached hydrogen (secondary N) is 1. The van der Waals surface area contributed by atoms with Crippen molar-refractivity contribution in [1.29, 1.82) is 0 Å². The van der Waals surface area contributed by atoms with E-state index in [2.05, 4.69) is 45.1 Å². The number of hydrogen-bond donors (Lipinski definition) is 1. The molecule has 0 unspecified atom stereocenters. The number of hydrogen-bond acceptors (Lipinski definition) is 7. The lowest BCUT2D eigenvalue weighted by Crippen LogP contribution is -2.60. The van der Waals surface area contributed by atoms with Crippen LogP contribution in [-0.2, 0) is 10.3 Å². The maximum Gasteiger partial charge on any atom is 0.227 e. The number of rotatable bonds is 5. The van der Waals surface area contributed by atoms with Gasteiger partial charge in [0.05, 0.1) is 52.9 Å². The van der Waals surface area contributed by atoms with Gasteiger partial charge in [-0.25, -0.2) is 14.6 Å². The Morgan fingerprint density at radius 3 is 2.67 bits per heavy atom. The summed E-state index contributed by atoms with van der Waals surface area (Å²) >= 11 is 13.3. The van der Waals surface area contributed by atoms with Crippen molar-refractivity contribution in [3.63, 3.8) is 0 Å². The first-order chi connectivity index (χ1) is 15.9. The van der Waals surface area contributed by atoms with Crippen molar-refractivity contribution in [2.24, 2.45) is 0 Å². The molecule has 174 valence electrons. The molecule has 1 saturated carbocycles. The Kier molecular flexibility index (Phi) is 5.17. The van der Waals surface area contributed by atoms with E-state index in [1.165, 1.54) is 0 Å². The van der Waals surface area contributed by atoms with Crippen LogP contribution >= 0.6 is 23.2 Å². The molecule has 6 rings (SSSR count). The molecule has 1 N–H and O–H groups in total. The molecule has 1 aliphatic carbocycles. The van der Waals surface area contributed by atoms with Crippen LogP contribution in [0.4, 0.5) is 17.3 Å². The Hall–Kier alpha value is -2.13. The van der Waals surface area contributed by atoms with E-state index >= 15 is 0 Å². The molecule has 0 radical (unpaired) electrons. The van der Waals surface area contributed by atoms with Crippen molar-refractivity contribution < 1.29 is 4.74 Å². The van der Waals surface area contributed by atoms with E-state index < -0.39 is 0 Å². The lowest BCUT2D eigenvalue weighted by Gasteiger charge is -2.47. The van der Waals surface area contributed by atoms with Crippen LogP contribution in [0.15, 0.2) is 24.5 Å². The van der Waals surface area contributed by atoms with Crippen molar-refractivity contribution in [2.45, 2.75) is 44.3 Å². The average Bonchev–Trinajstić information content (AvgIpc) is 3.40. The summed E-state index contributed by atoms with van der Waals surface area (Å²) < 4.78 is 7.27. The van der Waals surface area contributed by atoms with Gasteiger partial charge >= 0.3 is 0 Å². The average molecular weight is 488 g/mol. The zero-order valence-electron chi connectivity index (χ0n) is 18.8. The van der Waals surface area contributed by atoms with Gasteiger partial charge in [0.25, 0.3) is 0 Å². The number of ether oxygens (including phenoxy) is 1. The number of nitrogens with zero attached hydrogens (tertiary/aromatic N) is 6. The van der Waals surface area contributed by atoms with Crippen LogP contribution in [0, 0.1) is 0 Å². The van der Waals surface area contributed by atoms with E-state index in [1.807, 2.05) is 10.7 Å². The molecule has 4 heterocycles. The molecule has 3 aromatic rings. The predicted molar refractivity (Wildman–Crippen MR) is 131 cm³/mol. The fourth-order valence-electron chi connectivity index (χ4n) is 4.80. The zero-order chi connectivity index (χ0) is 22.7. The Balaban J connectivity index is 1.24. The summed E-state index contributed by atoms with van der Waals surface area (Å²) in [7, 11) is 0. The van der Waals surface area contributed by atoms with Gasteiger partial charge in [0.1, 0.15) is 0 Å². The molecule has 0 spiro atoms. The van der Waals surface area contributed by atoms with Gasteiger partial charge in [0, 0.05) is 37.3 Å². The SMILES string of the molecule is C[C@H]1CN(c2cc3nc(Nc4cnn(C5(C)CC5)c4Cl)ncc3cc2Cl)CCN1C1COC1. The molecule has 0 amide bonds. The second kappa shape index (κ2) is 7.98. The van der Waals surface area contributed by atoms with Crippen LogP contribution in [0.3, 0.4) is 0 Å². The highest BCUT2D eigenvalue weighted by molar-refractivity contribution is 6.34. The third kappa shape index (κ3) is 3.83. The van der Waals surface area contributed by atoms with E-state index in [9.17, 15) is 0 Å². The third-order valence-electron chi connectivity index (χ3n) is 7.20. The minimum Gasteiger partial charge on any atom is -0.378 e. The lowest BCUT2D eigenvalue weighted by molar-refractivity contribution is -0.0792. The van der Waals surface area contributed by atoms with E-state index in [0.29, 0.717) is 28.9 Å². The Morgan fingerprint density at radius 2 is 1.97 bits per heavy atom. The van der Waals surface area contributed by atoms with Gasteiger partial charge in [-0.15, -0.1) is 0 Å². The summed E-state index contributed by atoms with van der Waals surface area (Å²) in [4.78, 5) is 14.1. The number of halogens is 2. The van der Waals surface area contributed by atoms with Crippen LogP contribution in [-0.4, -0.2) is 69.6 Å². The summed E-state index contributed by atoms with van der Waals surface area (Å²) in [6.45, 7) is 8.97. The summed E-state index contributed by atoms with van der Waals surface area (Å²) in [5.74, 6) is 0.487. The van der Waals surface area contributed by atoms with Crippen molar-refractivity contribution >= 4 is 51.4 Å². The second-order valence-electron chi connectivity index (χ2n) is 9.66. The van der Waals surface area contributed by atoms with Gasteiger partial charge in [-0.1, -0.05) is 23.2 Å². The molecule has 10 heteroatoms. The van der Waals surface area contributed by atoms with Crippen molar-refractivity contribution in [1.82, 2.24) is 24.6 Å². The first kappa shape index (κ1) is 21.4. The van der Waals surface area contributed by atoms with Gasteiger partial charge in [0.15, 0.2) is 5.15 Å². The highest BCUT2D eigenvalue weighted by Gasteiger charge is 2.42. The summed E-state index contributed by atoms with van der Waals surface area (Å²) in [6, 6.07) is 5.00. The molecule has 3 aliphatic rings. The minimum atomic E-state index is 0.0275. The number of piperazine rings is 1. The highest BCUT2D eigenvalue weighted by Crippen LogP contribution is 2.45. The van der Waals surface area contributed by atoms with Crippen LogP contribution in [0.25, 0.3) is 10.9 Å². The van der Waals surface area contributed by atoms with Gasteiger partial charge in [-0.2, -0.15) is 5.10 Å². The van der Waals surface area contributed by atoms with E-state index in [4.69, 9.17) is 32.9 Å². The molecule has 2 aliphatic heterocycles. The van der Waals surface area contributed by atoms with Crippen molar-refractivity contribution in [3.8, 4) is 0 Å². The molecular weight excluding hydrogens is 461 g/mol. The lowest BCUT2D eigenvalue weighted by atomic mass is 10.1. The number of aromatic nitrogens is 4. The summed E-state index contributed by atoms with van der Waals surface area (Å²) in [5.41, 5.74) is 2.59. The minimum absolute atomic E-state index is 0.0275. The molecule has 2 aromatic heterocycles. The summed E-state index contributed by atoms with van der Waals surface area (Å²) in [6.07, 6.45) is 5.70. The topological polar surface area (TPSA) is 71.3 Å². The van der Waals surface area contributed by atoms with Crippen molar-refractivity contribution in [3.05, 3.63) is 34.7 Å². The maximum absolute atomic E-state index is 6.69. The van der Waals surface area contributed by atoms with Gasteiger partial charge in [-0.3, -0.25) is 4.90 Å². The molecule has 3 fully saturated rings. The standard InChI is InChI=1S/C23H27Cl2N7O/c1-14-11-30(5-6-31(14)16-12-33-13-16)20-8-18-15(7-17(20)24)9-26-22(28-18)29-19-10-27-32(21(19)25)23(2)3-4-23/h7-10,14,16H,3-6,11-13H2,1-2H3,(H,26,28,29)/t14-/m0/s1. The first-order valence-corrected chi connectivity index (χ1v) is 12.2. The molecule has 33 heavy (non-hydrogen) atoms. The largest absolute Gasteiger partial charge is 0.378 e. The number of benzene rings is 1. The fraction of sp³-hybridized carbons (Fsp3) is 0.522. The van der Waals surface area contributed by atoms with Crippen LogP contribution in [0.1, 0.15) is 26.7 Å². The predicted octanol–water partition coefficient (Wildman–Crippen LogP) is 4.30. The smallest absolute Gasteiger partial charge is 0.227 e. The third-order valence-corrected chi connectivity index (χ3v) is 7.87. The van der Waals surface area contributed by atoms with Crippen LogP contribution < -0.4 is 10.2 Å². The molecule has 8 nitrogen and oxygen atoms in total. The summed E-state index contributed by atoms with van der Waals surface area (Å²) in [5, 5.41) is 9.90. The molecule has 1 atom stereocenters. The van der Waals surface area contributed by atoms with E-state index in [0.717, 1.165) is 67.3 Å². The van der Waals surface area contributed by atoms with Crippen LogP contribution in [0.5, 0.6) is 0 Å². The number of fused-ring (bicyclic) bond motifs is 1. The molecule has 1 aromatic carbocycles. The molecule has 2 saturated heterocycles. The molecule has 0 bridgehead atoms. The normalized spacial score (nSPS) is 23.0. The zero-order valence-corrected chi connectivity index (χ0v) is 20.3. The Labute approximate surface area is 202 Å². The van der Waals surface area contributed by atoms with Crippen LogP contribution in [0.2, 0.25) is 10.2 Å². The van der Waals surface area contributed by atoms with Crippen molar-refractivity contribution in [2.75, 3.05) is 43.1 Å². The second-order valence-corrected chi connectivity index (χ2v) is 10.4. The quantitative estimate of drug-likeness (QED) is 0.575. The molecular formula is C23H27Cl2N7O. The van der Waals surface area contributed by atoms with E-state index in [-0.39, 0.29) is 5.54 Å². The van der Waals surface area contributed by atoms with E-state index in [1.54, 1.807) is 12.4 Å². The fourth-order valence-corrected chi connectivity index (χ4v) is 5.43. The monoisotopic (exact) mass is 487 g/mol. The Bertz CT molecular complexity index is 1210. The highest BCUT2D eigenvalue weighted by atomic mass is 35.5.